The smallest absolute Gasteiger partial charge is 0.326 e. The summed E-state index contributed by atoms with van der Waals surface area (Å²) < 4.78 is 0. The maximum atomic E-state index is 11.7. The molecule has 0 aliphatic rings. The van der Waals surface area contributed by atoms with Gasteiger partial charge < -0.3 is 15.7 Å². The number of hydrogen-bond donors (Lipinski definition) is 2. The highest BCUT2D eigenvalue weighted by molar-refractivity contribution is 5.86. The predicted molar refractivity (Wildman–Crippen MR) is 57.4 cm³/mol. The maximum Gasteiger partial charge on any atom is 0.326 e. The molecule has 5 nitrogen and oxygen atoms in total. The molecule has 3 N–H and O–H groups in total. The molecule has 0 radical (unpaired) electrons. The molecule has 15 heavy (non-hydrogen) atoms. The van der Waals surface area contributed by atoms with Gasteiger partial charge in [-0.05, 0) is 12.8 Å². The fourth-order valence-electron chi connectivity index (χ4n) is 1.46. The zero-order valence-corrected chi connectivity index (χ0v) is 9.56. The molecule has 0 aromatic carbocycles. The fourth-order valence-corrected chi connectivity index (χ4v) is 1.46. The number of amides is 1. The lowest BCUT2D eigenvalue weighted by molar-refractivity contribution is -0.149. The Labute approximate surface area is 90.2 Å². The number of rotatable bonds is 6. The average Bonchev–Trinajstić information content (AvgIpc) is 2.17. The molecule has 0 heterocycles. The molecule has 0 fully saturated rings. The SMILES string of the molecule is CCC[C@H](N)C(=O)N(C)C(CC)C(=O)O. The number of carboxylic acid groups (broad SMARTS) is 1. The van der Waals surface area contributed by atoms with E-state index in [0.29, 0.717) is 12.8 Å². The number of nitrogens with two attached hydrogens (primary N) is 1. The van der Waals surface area contributed by atoms with Gasteiger partial charge in [-0.15, -0.1) is 0 Å². The number of carbonyl (C=O) groups excluding carboxylic acids is 1. The van der Waals surface area contributed by atoms with Crippen molar-refractivity contribution in [1.82, 2.24) is 4.90 Å². The molecule has 0 bridgehead atoms. The van der Waals surface area contributed by atoms with E-state index in [4.69, 9.17) is 10.8 Å². The van der Waals surface area contributed by atoms with Crippen LogP contribution in [0.1, 0.15) is 33.1 Å². The minimum Gasteiger partial charge on any atom is -0.480 e. The Bertz CT molecular complexity index is 231. The highest BCUT2D eigenvalue weighted by Crippen LogP contribution is 2.06. The van der Waals surface area contributed by atoms with Crippen LogP contribution in [0.15, 0.2) is 0 Å². The highest BCUT2D eigenvalue weighted by atomic mass is 16.4. The normalized spacial score (nSPS) is 14.4. The van der Waals surface area contributed by atoms with Crippen LogP contribution in [0.4, 0.5) is 0 Å². The second kappa shape index (κ2) is 6.40. The molecule has 0 rings (SSSR count). The Kier molecular flexibility index (Phi) is 5.93. The molecule has 0 aromatic rings. The van der Waals surface area contributed by atoms with E-state index < -0.39 is 18.1 Å². The van der Waals surface area contributed by atoms with Crippen molar-refractivity contribution in [2.45, 2.75) is 45.2 Å². The molecule has 1 amide bonds. The molecular formula is C10H20N2O3. The summed E-state index contributed by atoms with van der Waals surface area (Å²) >= 11 is 0. The summed E-state index contributed by atoms with van der Waals surface area (Å²) in [5.41, 5.74) is 5.64. The maximum absolute atomic E-state index is 11.7. The molecular weight excluding hydrogens is 196 g/mol. The zero-order valence-electron chi connectivity index (χ0n) is 9.56. The van der Waals surface area contributed by atoms with E-state index in [2.05, 4.69) is 0 Å². The van der Waals surface area contributed by atoms with Crippen LogP contribution < -0.4 is 5.73 Å². The first-order chi connectivity index (χ1) is 6.95. The minimum atomic E-state index is -0.989. The molecule has 0 spiro atoms. The number of hydrogen-bond acceptors (Lipinski definition) is 3. The number of nitrogens with zero attached hydrogens (tertiary/aromatic N) is 1. The minimum absolute atomic E-state index is 0.300. The van der Waals surface area contributed by atoms with Crippen molar-refractivity contribution in [2.75, 3.05) is 7.05 Å². The lowest BCUT2D eigenvalue weighted by Gasteiger charge is -2.26. The van der Waals surface area contributed by atoms with E-state index in [-0.39, 0.29) is 5.91 Å². The number of likely N-dealkylation sites (N-methyl/N-ethyl adjacent to an activating group) is 1. The first kappa shape index (κ1) is 13.9. The standard InChI is InChI=1S/C10H20N2O3/c1-4-6-7(11)9(13)12(3)8(5-2)10(14)15/h7-8H,4-6,11H2,1-3H3,(H,14,15)/t7-,8?/m0/s1. The first-order valence-corrected chi connectivity index (χ1v) is 5.20. The van der Waals surface area contributed by atoms with E-state index in [9.17, 15) is 9.59 Å². The number of carbonyl (C=O) groups is 2. The summed E-state index contributed by atoms with van der Waals surface area (Å²) in [4.78, 5) is 23.7. The molecule has 1 unspecified atom stereocenters. The van der Waals surface area contributed by atoms with Crippen LogP contribution in [0.3, 0.4) is 0 Å². The van der Waals surface area contributed by atoms with Gasteiger partial charge in [0.15, 0.2) is 0 Å². The van der Waals surface area contributed by atoms with Crippen molar-refractivity contribution in [1.29, 1.82) is 0 Å². The summed E-state index contributed by atoms with van der Waals surface area (Å²) in [6, 6.07) is -1.37. The van der Waals surface area contributed by atoms with Gasteiger partial charge in [0.1, 0.15) is 6.04 Å². The molecule has 2 atom stereocenters. The van der Waals surface area contributed by atoms with Crippen molar-refractivity contribution in [2.24, 2.45) is 5.73 Å². The van der Waals surface area contributed by atoms with E-state index in [1.165, 1.54) is 11.9 Å². The van der Waals surface area contributed by atoms with Crippen LogP contribution in [0, 0.1) is 0 Å². The van der Waals surface area contributed by atoms with Gasteiger partial charge in [-0.3, -0.25) is 4.79 Å². The van der Waals surface area contributed by atoms with Crippen molar-refractivity contribution in [3.63, 3.8) is 0 Å². The third kappa shape index (κ3) is 3.87. The van der Waals surface area contributed by atoms with Gasteiger partial charge in [0.05, 0.1) is 6.04 Å². The summed E-state index contributed by atoms with van der Waals surface area (Å²) in [5, 5.41) is 8.87. The molecule has 0 aromatic heterocycles. The van der Waals surface area contributed by atoms with Gasteiger partial charge in [-0.25, -0.2) is 4.79 Å². The average molecular weight is 216 g/mol. The number of aliphatic carboxylic acids is 1. The van der Waals surface area contributed by atoms with E-state index in [1.807, 2.05) is 6.92 Å². The largest absolute Gasteiger partial charge is 0.480 e. The third-order valence-electron chi connectivity index (χ3n) is 2.40. The van der Waals surface area contributed by atoms with Gasteiger partial charge in [0.2, 0.25) is 5.91 Å². The van der Waals surface area contributed by atoms with Crippen LogP contribution in [0.25, 0.3) is 0 Å². The molecule has 88 valence electrons. The zero-order chi connectivity index (χ0) is 12.0. The summed E-state index contributed by atoms with van der Waals surface area (Å²) in [6.07, 6.45) is 1.78. The molecule has 0 aliphatic carbocycles. The first-order valence-electron chi connectivity index (χ1n) is 5.20. The third-order valence-corrected chi connectivity index (χ3v) is 2.40. The van der Waals surface area contributed by atoms with E-state index in [1.54, 1.807) is 6.92 Å². The van der Waals surface area contributed by atoms with Crippen molar-refractivity contribution in [3.05, 3.63) is 0 Å². The fraction of sp³-hybridized carbons (Fsp3) is 0.800. The van der Waals surface area contributed by atoms with Crippen molar-refractivity contribution in [3.8, 4) is 0 Å². The van der Waals surface area contributed by atoms with Gasteiger partial charge in [-0.2, -0.15) is 0 Å². The quantitative estimate of drug-likeness (QED) is 0.674. The summed E-state index contributed by atoms with van der Waals surface area (Å²) in [7, 11) is 1.49. The van der Waals surface area contributed by atoms with Gasteiger partial charge in [0.25, 0.3) is 0 Å². The summed E-state index contributed by atoms with van der Waals surface area (Å²) in [6.45, 7) is 3.66. The lowest BCUT2D eigenvalue weighted by atomic mass is 10.1. The van der Waals surface area contributed by atoms with E-state index >= 15 is 0 Å². The molecule has 0 aliphatic heterocycles. The van der Waals surface area contributed by atoms with Gasteiger partial charge in [-0.1, -0.05) is 20.3 Å². The second-order valence-electron chi connectivity index (χ2n) is 3.61. The summed E-state index contributed by atoms with van der Waals surface area (Å²) in [5.74, 6) is -1.29. The topological polar surface area (TPSA) is 83.6 Å². The Hall–Kier alpha value is -1.10. The van der Waals surface area contributed by atoms with Crippen molar-refractivity contribution < 1.29 is 14.7 Å². The van der Waals surface area contributed by atoms with E-state index in [0.717, 1.165) is 6.42 Å². The molecule has 5 heteroatoms. The Morgan fingerprint density at radius 2 is 1.93 bits per heavy atom. The number of carboxylic acids is 1. The Balaban J connectivity index is 4.47. The molecule has 0 saturated carbocycles. The van der Waals surface area contributed by atoms with Crippen LogP contribution in [-0.4, -0.2) is 41.0 Å². The monoisotopic (exact) mass is 216 g/mol. The van der Waals surface area contributed by atoms with Gasteiger partial charge >= 0.3 is 5.97 Å². The Morgan fingerprint density at radius 1 is 1.40 bits per heavy atom. The van der Waals surface area contributed by atoms with Crippen molar-refractivity contribution >= 4 is 11.9 Å². The predicted octanol–water partition coefficient (Wildman–Crippen LogP) is 0.435. The highest BCUT2D eigenvalue weighted by Gasteiger charge is 2.27. The lowest BCUT2D eigenvalue weighted by Crippen LogP contribution is -2.49. The second-order valence-corrected chi connectivity index (χ2v) is 3.61. The van der Waals surface area contributed by atoms with Crippen LogP contribution in [0.2, 0.25) is 0 Å². The van der Waals surface area contributed by atoms with Crippen LogP contribution >= 0.6 is 0 Å². The molecule has 0 saturated heterocycles. The Morgan fingerprint density at radius 3 is 2.27 bits per heavy atom. The van der Waals surface area contributed by atoms with Gasteiger partial charge in [0, 0.05) is 7.05 Å². The van der Waals surface area contributed by atoms with Crippen LogP contribution in [-0.2, 0) is 9.59 Å². The van der Waals surface area contributed by atoms with Crippen LogP contribution in [0.5, 0.6) is 0 Å².